The van der Waals surface area contributed by atoms with Crippen LogP contribution in [0.4, 0.5) is 4.39 Å². The van der Waals surface area contributed by atoms with Crippen molar-refractivity contribution in [2.24, 2.45) is 0 Å². The molecule has 0 spiro atoms. The van der Waals surface area contributed by atoms with Gasteiger partial charge in [-0.05, 0) is 36.2 Å². The van der Waals surface area contributed by atoms with Crippen LogP contribution >= 0.6 is 0 Å². The van der Waals surface area contributed by atoms with Gasteiger partial charge in [-0.3, -0.25) is 9.59 Å². The van der Waals surface area contributed by atoms with E-state index in [-0.39, 0.29) is 23.1 Å². The quantitative estimate of drug-likeness (QED) is 0.764. The second-order valence-electron chi connectivity index (χ2n) is 7.19. The van der Waals surface area contributed by atoms with Crippen molar-refractivity contribution >= 4 is 21.7 Å². The minimum absolute atomic E-state index is 0.0285. The Balaban J connectivity index is 1.69. The molecule has 0 unspecified atom stereocenters. The van der Waals surface area contributed by atoms with E-state index >= 15 is 0 Å². The molecule has 0 bridgehead atoms. The summed E-state index contributed by atoms with van der Waals surface area (Å²) < 4.78 is 36.9. The number of carbonyl (C=O) groups is 2. The van der Waals surface area contributed by atoms with E-state index < -0.39 is 15.7 Å². The Hall–Kier alpha value is -2.74. The molecule has 3 rings (SSSR count). The van der Waals surface area contributed by atoms with E-state index in [1.165, 1.54) is 18.2 Å². The van der Waals surface area contributed by atoms with Crippen molar-refractivity contribution in [2.45, 2.75) is 12.2 Å². The lowest BCUT2D eigenvalue weighted by Gasteiger charge is -2.22. The molecular formula is C21H23FN2O4S. The number of hydrogen-bond acceptors (Lipinski definition) is 4. The van der Waals surface area contributed by atoms with E-state index in [4.69, 9.17) is 0 Å². The van der Waals surface area contributed by atoms with Crippen LogP contribution in [0.3, 0.4) is 0 Å². The van der Waals surface area contributed by atoms with Gasteiger partial charge in [0.05, 0.1) is 11.3 Å². The van der Waals surface area contributed by atoms with Crippen LogP contribution in [0, 0.1) is 5.82 Å². The van der Waals surface area contributed by atoms with Crippen molar-refractivity contribution in [3.63, 3.8) is 0 Å². The Morgan fingerprint density at radius 1 is 0.931 bits per heavy atom. The number of amides is 2. The van der Waals surface area contributed by atoms with E-state index in [0.717, 1.165) is 6.26 Å². The first-order chi connectivity index (χ1) is 13.7. The minimum Gasteiger partial charge on any atom is -0.337 e. The largest absolute Gasteiger partial charge is 0.337 e. The fourth-order valence-electron chi connectivity index (χ4n) is 3.41. The van der Waals surface area contributed by atoms with Crippen LogP contribution in [0.25, 0.3) is 0 Å². The first-order valence-electron chi connectivity index (χ1n) is 9.34. The van der Waals surface area contributed by atoms with Crippen molar-refractivity contribution < 1.29 is 22.4 Å². The third-order valence-corrected chi connectivity index (χ3v) is 5.64. The molecular weight excluding hydrogens is 395 g/mol. The predicted molar refractivity (Wildman–Crippen MR) is 108 cm³/mol. The summed E-state index contributed by atoms with van der Waals surface area (Å²) in [5, 5.41) is 0. The van der Waals surface area contributed by atoms with Crippen LogP contribution in [0.1, 0.15) is 32.7 Å². The first-order valence-corrected chi connectivity index (χ1v) is 11.4. The van der Waals surface area contributed by atoms with Crippen molar-refractivity contribution in [2.75, 3.05) is 32.4 Å². The molecule has 2 amide bonds. The Bertz CT molecular complexity index is 1020. The van der Waals surface area contributed by atoms with Gasteiger partial charge >= 0.3 is 0 Å². The van der Waals surface area contributed by atoms with Gasteiger partial charge in [0.1, 0.15) is 5.82 Å². The molecule has 29 heavy (non-hydrogen) atoms. The van der Waals surface area contributed by atoms with Gasteiger partial charge in [-0.1, -0.05) is 24.3 Å². The van der Waals surface area contributed by atoms with Crippen molar-refractivity contribution in [1.29, 1.82) is 0 Å². The van der Waals surface area contributed by atoms with Crippen LogP contribution < -0.4 is 0 Å². The summed E-state index contributed by atoms with van der Waals surface area (Å²) in [6, 6.07) is 12.5. The van der Waals surface area contributed by atoms with Gasteiger partial charge in [-0.2, -0.15) is 0 Å². The molecule has 1 aliphatic rings. The summed E-state index contributed by atoms with van der Waals surface area (Å²) in [5.41, 5.74) is 1.00. The Morgan fingerprint density at radius 3 is 2.24 bits per heavy atom. The molecule has 6 nitrogen and oxygen atoms in total. The van der Waals surface area contributed by atoms with Crippen LogP contribution in [0.15, 0.2) is 48.5 Å². The lowest BCUT2D eigenvalue weighted by atomic mass is 10.1. The fourth-order valence-corrected chi connectivity index (χ4v) is 4.19. The number of benzene rings is 2. The molecule has 0 atom stereocenters. The average molecular weight is 418 g/mol. The van der Waals surface area contributed by atoms with Crippen LogP contribution in [-0.4, -0.2) is 62.5 Å². The average Bonchev–Trinajstić information content (AvgIpc) is 2.92. The molecule has 2 aromatic rings. The highest BCUT2D eigenvalue weighted by Gasteiger charge is 2.25. The van der Waals surface area contributed by atoms with E-state index in [9.17, 15) is 22.4 Å². The van der Waals surface area contributed by atoms with Gasteiger partial charge in [0.15, 0.2) is 9.84 Å². The zero-order chi connectivity index (χ0) is 21.0. The third kappa shape index (κ3) is 5.41. The highest BCUT2D eigenvalue weighted by Crippen LogP contribution is 2.15. The molecule has 1 saturated heterocycles. The summed E-state index contributed by atoms with van der Waals surface area (Å²) in [7, 11) is -3.20. The van der Waals surface area contributed by atoms with E-state index in [1.807, 2.05) is 0 Å². The topological polar surface area (TPSA) is 74.8 Å². The van der Waals surface area contributed by atoms with Gasteiger partial charge in [-0.15, -0.1) is 0 Å². The van der Waals surface area contributed by atoms with Crippen LogP contribution in [0.2, 0.25) is 0 Å². The van der Waals surface area contributed by atoms with Crippen LogP contribution in [0.5, 0.6) is 0 Å². The zero-order valence-electron chi connectivity index (χ0n) is 16.2. The van der Waals surface area contributed by atoms with E-state index in [2.05, 4.69) is 0 Å². The lowest BCUT2D eigenvalue weighted by Crippen LogP contribution is -2.37. The molecule has 1 aliphatic heterocycles. The molecule has 0 saturated carbocycles. The number of halogens is 1. The van der Waals surface area contributed by atoms with Gasteiger partial charge in [-0.25, -0.2) is 12.8 Å². The maximum absolute atomic E-state index is 13.9. The number of carbonyl (C=O) groups excluding carboxylic acids is 2. The van der Waals surface area contributed by atoms with Crippen LogP contribution in [-0.2, 0) is 15.6 Å². The molecule has 1 fully saturated rings. The molecule has 0 aromatic heterocycles. The number of hydrogen-bond donors (Lipinski definition) is 0. The van der Waals surface area contributed by atoms with E-state index in [1.54, 1.807) is 40.1 Å². The van der Waals surface area contributed by atoms with Crippen molar-refractivity contribution in [3.05, 3.63) is 71.0 Å². The van der Waals surface area contributed by atoms with Gasteiger partial charge in [0.25, 0.3) is 11.8 Å². The van der Waals surface area contributed by atoms with Gasteiger partial charge < -0.3 is 9.80 Å². The smallest absolute Gasteiger partial charge is 0.256 e. The summed E-state index contributed by atoms with van der Waals surface area (Å²) >= 11 is 0. The van der Waals surface area contributed by atoms with Gasteiger partial charge in [0, 0.05) is 38.0 Å². The Labute approximate surface area is 169 Å². The maximum atomic E-state index is 13.9. The molecule has 0 aliphatic carbocycles. The van der Waals surface area contributed by atoms with E-state index in [0.29, 0.717) is 43.7 Å². The summed E-state index contributed by atoms with van der Waals surface area (Å²) in [4.78, 5) is 28.7. The first kappa shape index (κ1) is 21.0. The summed E-state index contributed by atoms with van der Waals surface area (Å²) in [6.07, 6.45) is 1.73. The molecule has 1 heterocycles. The normalized spacial score (nSPS) is 15.1. The number of rotatable bonds is 4. The molecule has 154 valence electrons. The van der Waals surface area contributed by atoms with Crippen molar-refractivity contribution in [3.8, 4) is 0 Å². The molecule has 0 radical (unpaired) electrons. The molecule has 0 N–H and O–H groups in total. The standard InChI is InChI=1S/C21H23FN2O4S/c1-29(27,28)15-16-6-4-7-17(14-16)20(25)23-10-5-11-24(13-12-23)21(26)18-8-2-3-9-19(18)22/h2-4,6-9,14H,5,10-13,15H2,1H3. The SMILES string of the molecule is CS(=O)(=O)Cc1cccc(C(=O)N2CCCN(C(=O)c3ccccc3F)CC2)c1. The Morgan fingerprint density at radius 2 is 1.59 bits per heavy atom. The maximum Gasteiger partial charge on any atom is 0.256 e. The number of sulfone groups is 1. The summed E-state index contributed by atoms with van der Waals surface area (Å²) in [5.74, 6) is -1.27. The molecule has 2 aromatic carbocycles. The second kappa shape index (κ2) is 8.73. The molecule has 8 heteroatoms. The lowest BCUT2D eigenvalue weighted by molar-refractivity contribution is 0.0716. The van der Waals surface area contributed by atoms with Crippen molar-refractivity contribution in [1.82, 2.24) is 9.80 Å². The fraction of sp³-hybridized carbons (Fsp3) is 0.333. The highest BCUT2D eigenvalue weighted by atomic mass is 32.2. The summed E-state index contributed by atoms with van der Waals surface area (Å²) in [6.45, 7) is 1.54. The minimum atomic E-state index is -3.20. The predicted octanol–water partition coefficient (Wildman–Crippen LogP) is 2.36. The monoisotopic (exact) mass is 418 g/mol. The second-order valence-corrected chi connectivity index (χ2v) is 9.33. The zero-order valence-corrected chi connectivity index (χ0v) is 17.0. The highest BCUT2D eigenvalue weighted by molar-refractivity contribution is 7.89. The Kier molecular flexibility index (Phi) is 6.32. The van der Waals surface area contributed by atoms with Gasteiger partial charge in [0.2, 0.25) is 0 Å². The number of nitrogens with zero attached hydrogens (tertiary/aromatic N) is 2. The third-order valence-electron chi connectivity index (χ3n) is 4.78.